The maximum atomic E-state index is 12.8. The Kier molecular flexibility index (Phi) is 8.60. The second kappa shape index (κ2) is 11.2. The molecular weight excluding hydrogens is 611 g/mol. The van der Waals surface area contributed by atoms with Crippen molar-refractivity contribution in [1.82, 2.24) is 4.90 Å². The molecule has 32 heavy (non-hydrogen) atoms. The predicted molar refractivity (Wildman–Crippen MR) is 137 cm³/mol. The van der Waals surface area contributed by atoms with Crippen molar-refractivity contribution in [2.24, 2.45) is 0 Å². The van der Waals surface area contributed by atoms with E-state index in [0.717, 1.165) is 26.7 Å². The number of ether oxygens (including phenoxy) is 2. The summed E-state index contributed by atoms with van der Waals surface area (Å²) in [5.41, 5.74) is 1.25. The second-order valence-corrected chi connectivity index (χ2v) is 9.69. The third-order valence-electron chi connectivity index (χ3n) is 4.32. The fourth-order valence-electron chi connectivity index (χ4n) is 2.85. The molecule has 3 amide bonds. The molecule has 0 bridgehead atoms. The molecule has 0 radical (unpaired) electrons. The fraction of sp³-hybridized carbons (Fsp3) is 0.227. The normalized spacial score (nSPS) is 14.8. The number of nitrogens with zero attached hydrogens (tertiary/aromatic N) is 1. The van der Waals surface area contributed by atoms with E-state index >= 15 is 0 Å². The quantitative estimate of drug-likeness (QED) is 0.305. The van der Waals surface area contributed by atoms with Gasteiger partial charge in [0.15, 0.2) is 11.5 Å². The molecule has 1 fully saturated rings. The molecular formula is C22H20BrIN2O5S. The van der Waals surface area contributed by atoms with Gasteiger partial charge in [-0.25, -0.2) is 0 Å². The second-order valence-electron chi connectivity index (χ2n) is 6.68. The molecule has 1 saturated heterocycles. The number of benzene rings is 2. The van der Waals surface area contributed by atoms with Crippen molar-refractivity contribution in [3.05, 3.63) is 54.9 Å². The summed E-state index contributed by atoms with van der Waals surface area (Å²) < 4.78 is 12.7. The Balaban J connectivity index is 1.76. The summed E-state index contributed by atoms with van der Waals surface area (Å²) in [5.74, 6) is 0.212. The molecule has 1 N–H and O–H groups in total. The lowest BCUT2D eigenvalue weighted by atomic mass is 10.2. The molecule has 2 aromatic carbocycles. The average Bonchev–Trinajstić information content (AvgIpc) is 3.01. The van der Waals surface area contributed by atoms with Gasteiger partial charge in [0.2, 0.25) is 5.91 Å². The predicted octanol–water partition coefficient (Wildman–Crippen LogP) is 5.53. The molecule has 1 aliphatic rings. The van der Waals surface area contributed by atoms with E-state index < -0.39 is 17.1 Å². The molecule has 0 saturated carbocycles. The van der Waals surface area contributed by atoms with Crippen LogP contribution in [0.4, 0.5) is 10.5 Å². The van der Waals surface area contributed by atoms with Crippen LogP contribution in [0.3, 0.4) is 0 Å². The first kappa shape index (κ1) is 24.6. The number of hydrogen-bond acceptors (Lipinski definition) is 6. The molecule has 0 aliphatic carbocycles. The van der Waals surface area contributed by atoms with Crippen molar-refractivity contribution < 1.29 is 23.9 Å². The zero-order valence-electron chi connectivity index (χ0n) is 17.3. The number of thioether (sulfide) groups is 1. The minimum absolute atomic E-state index is 0.240. The summed E-state index contributed by atoms with van der Waals surface area (Å²) in [7, 11) is 1.55. The van der Waals surface area contributed by atoms with E-state index in [1.54, 1.807) is 37.5 Å². The molecule has 1 aliphatic heterocycles. The minimum atomic E-state index is -0.512. The van der Waals surface area contributed by atoms with Crippen LogP contribution in [0.5, 0.6) is 11.5 Å². The largest absolute Gasteiger partial charge is 0.493 e. The maximum absolute atomic E-state index is 12.8. The Morgan fingerprint density at radius 2 is 2.03 bits per heavy atom. The Morgan fingerprint density at radius 3 is 2.72 bits per heavy atom. The zero-order chi connectivity index (χ0) is 23.3. The third kappa shape index (κ3) is 5.84. The van der Waals surface area contributed by atoms with E-state index in [1.165, 1.54) is 0 Å². The smallest absolute Gasteiger partial charge is 0.294 e. The lowest BCUT2D eigenvalue weighted by Crippen LogP contribution is -2.36. The van der Waals surface area contributed by atoms with E-state index in [0.29, 0.717) is 33.8 Å². The van der Waals surface area contributed by atoms with Crippen LogP contribution < -0.4 is 14.8 Å². The van der Waals surface area contributed by atoms with E-state index in [4.69, 9.17) is 9.47 Å². The molecule has 0 aromatic heterocycles. The number of para-hydroxylation sites is 1. The Bertz CT molecular complexity index is 1090. The number of halogens is 2. The van der Waals surface area contributed by atoms with Crippen LogP contribution >= 0.6 is 50.3 Å². The van der Waals surface area contributed by atoms with Crippen LogP contribution in [-0.2, 0) is 9.59 Å². The maximum Gasteiger partial charge on any atom is 0.294 e. The van der Waals surface area contributed by atoms with Gasteiger partial charge in [-0.05, 0) is 92.6 Å². The number of imide groups is 1. The lowest BCUT2D eigenvalue weighted by Gasteiger charge is -2.13. The lowest BCUT2D eigenvalue weighted by molar-refractivity contribution is -0.127. The summed E-state index contributed by atoms with van der Waals surface area (Å²) in [6.45, 7) is 2.21. The monoisotopic (exact) mass is 630 g/mol. The van der Waals surface area contributed by atoms with Crippen molar-refractivity contribution in [2.45, 2.75) is 13.3 Å². The van der Waals surface area contributed by atoms with Crippen LogP contribution in [0.1, 0.15) is 18.9 Å². The molecule has 3 rings (SSSR count). The standard InChI is InChI=1S/C22H20BrIN2O5S/c1-3-8-31-20-15(24)9-13(10-17(20)30-2)11-18-21(28)26(22(29)32-18)12-19(27)25-16-7-5-4-6-14(16)23/h4-7,9-11H,3,8,12H2,1-2H3,(H,25,27)/b18-11-. The van der Waals surface area contributed by atoms with Gasteiger partial charge in [-0.15, -0.1) is 0 Å². The fourth-order valence-corrected chi connectivity index (χ4v) is 4.85. The highest BCUT2D eigenvalue weighted by molar-refractivity contribution is 14.1. The summed E-state index contributed by atoms with van der Waals surface area (Å²) in [6, 6.07) is 10.7. The van der Waals surface area contributed by atoms with Crippen LogP contribution in [0.2, 0.25) is 0 Å². The van der Waals surface area contributed by atoms with Crippen LogP contribution in [0.15, 0.2) is 45.8 Å². The Morgan fingerprint density at radius 1 is 1.28 bits per heavy atom. The van der Waals surface area contributed by atoms with E-state index in [1.807, 2.05) is 19.1 Å². The third-order valence-corrected chi connectivity index (χ3v) is 6.72. The molecule has 10 heteroatoms. The molecule has 1 heterocycles. The van der Waals surface area contributed by atoms with Gasteiger partial charge >= 0.3 is 0 Å². The highest BCUT2D eigenvalue weighted by Crippen LogP contribution is 2.37. The number of rotatable bonds is 8. The van der Waals surface area contributed by atoms with Crippen LogP contribution in [0.25, 0.3) is 6.08 Å². The number of anilines is 1. The van der Waals surface area contributed by atoms with Gasteiger partial charge in [0.25, 0.3) is 11.1 Å². The topological polar surface area (TPSA) is 84.9 Å². The van der Waals surface area contributed by atoms with Crippen molar-refractivity contribution in [3.8, 4) is 11.5 Å². The minimum Gasteiger partial charge on any atom is -0.493 e. The number of carbonyl (C=O) groups excluding carboxylic acids is 3. The molecule has 168 valence electrons. The molecule has 0 unspecified atom stereocenters. The first-order valence-corrected chi connectivity index (χ1v) is 12.3. The van der Waals surface area contributed by atoms with Crippen LogP contribution in [-0.4, -0.2) is 42.2 Å². The number of carbonyl (C=O) groups is 3. The van der Waals surface area contributed by atoms with Crippen molar-refractivity contribution in [3.63, 3.8) is 0 Å². The van der Waals surface area contributed by atoms with Gasteiger partial charge in [-0.1, -0.05) is 19.1 Å². The zero-order valence-corrected chi connectivity index (χ0v) is 21.9. The summed E-state index contributed by atoms with van der Waals surface area (Å²) in [5, 5.41) is 2.20. The number of hydrogen-bond donors (Lipinski definition) is 1. The summed E-state index contributed by atoms with van der Waals surface area (Å²) in [6.07, 6.45) is 2.48. The first-order chi connectivity index (χ1) is 15.3. The number of methoxy groups -OCH3 is 1. The van der Waals surface area contributed by atoms with Gasteiger partial charge in [0.05, 0.1) is 27.9 Å². The van der Waals surface area contributed by atoms with Gasteiger partial charge in [-0.3, -0.25) is 19.3 Å². The SMILES string of the molecule is CCCOc1c(I)cc(/C=C2\SC(=O)N(CC(=O)Nc3ccccc3Br)C2=O)cc1OC. The summed E-state index contributed by atoms with van der Waals surface area (Å²) in [4.78, 5) is 38.8. The van der Waals surface area contributed by atoms with Gasteiger partial charge in [-0.2, -0.15) is 0 Å². The number of amides is 3. The molecule has 7 nitrogen and oxygen atoms in total. The van der Waals surface area contributed by atoms with Crippen molar-refractivity contribution >= 4 is 79.1 Å². The highest BCUT2D eigenvalue weighted by Gasteiger charge is 2.36. The average molecular weight is 631 g/mol. The Labute approximate surface area is 212 Å². The van der Waals surface area contributed by atoms with Crippen molar-refractivity contribution in [2.75, 3.05) is 25.6 Å². The van der Waals surface area contributed by atoms with Crippen molar-refractivity contribution in [1.29, 1.82) is 0 Å². The molecule has 0 spiro atoms. The van der Waals surface area contributed by atoms with E-state index in [2.05, 4.69) is 43.8 Å². The van der Waals surface area contributed by atoms with E-state index in [-0.39, 0.29) is 11.4 Å². The first-order valence-electron chi connectivity index (χ1n) is 9.64. The van der Waals surface area contributed by atoms with Gasteiger partial charge in [0, 0.05) is 4.47 Å². The highest BCUT2D eigenvalue weighted by atomic mass is 127. The summed E-state index contributed by atoms with van der Waals surface area (Å²) >= 11 is 6.29. The molecule has 2 aromatic rings. The Hall–Kier alpha value is -2.05. The van der Waals surface area contributed by atoms with Gasteiger partial charge in [0.1, 0.15) is 6.54 Å². The number of nitrogens with one attached hydrogen (secondary N) is 1. The van der Waals surface area contributed by atoms with E-state index in [9.17, 15) is 14.4 Å². The molecule has 0 atom stereocenters. The van der Waals surface area contributed by atoms with Gasteiger partial charge < -0.3 is 14.8 Å². The van der Waals surface area contributed by atoms with Crippen LogP contribution in [0, 0.1) is 3.57 Å².